The van der Waals surface area contributed by atoms with Crippen LogP contribution in [0.4, 0.5) is 11.4 Å². The zero-order valence-corrected chi connectivity index (χ0v) is 15.5. The van der Waals surface area contributed by atoms with Gasteiger partial charge in [0.2, 0.25) is 5.91 Å². The van der Waals surface area contributed by atoms with Gasteiger partial charge in [0.25, 0.3) is 5.91 Å². The lowest BCUT2D eigenvalue weighted by Gasteiger charge is -2.24. The molecule has 3 N–H and O–H groups in total. The summed E-state index contributed by atoms with van der Waals surface area (Å²) in [6.07, 6.45) is 4.29. The minimum atomic E-state index is -0.991. The highest BCUT2D eigenvalue weighted by molar-refractivity contribution is 6.10. The van der Waals surface area contributed by atoms with Crippen LogP contribution < -0.4 is 10.6 Å². The van der Waals surface area contributed by atoms with Crippen LogP contribution in [0, 0.1) is 18.8 Å². The van der Waals surface area contributed by atoms with Crippen molar-refractivity contribution in [3.63, 3.8) is 0 Å². The van der Waals surface area contributed by atoms with Gasteiger partial charge in [-0.3, -0.25) is 14.4 Å². The molecule has 28 heavy (non-hydrogen) atoms. The number of carbonyl (C=O) groups is 3. The Hall–Kier alpha value is -3.41. The van der Waals surface area contributed by atoms with Gasteiger partial charge < -0.3 is 15.7 Å². The summed E-state index contributed by atoms with van der Waals surface area (Å²) in [6, 6.07) is 14.1. The van der Waals surface area contributed by atoms with Crippen molar-refractivity contribution in [3.05, 3.63) is 71.8 Å². The molecule has 0 aliphatic heterocycles. The smallest absolute Gasteiger partial charge is 0.307 e. The number of carboxylic acids is 1. The summed E-state index contributed by atoms with van der Waals surface area (Å²) in [4.78, 5) is 36.9. The molecule has 0 spiro atoms. The van der Waals surface area contributed by atoms with E-state index < -0.39 is 23.7 Å². The number of aliphatic carboxylic acids is 1. The average molecular weight is 378 g/mol. The van der Waals surface area contributed by atoms with Gasteiger partial charge in [0.1, 0.15) is 0 Å². The lowest BCUT2D eigenvalue weighted by molar-refractivity contribution is -0.146. The Morgan fingerprint density at radius 2 is 1.64 bits per heavy atom. The molecular formula is C22H22N2O4. The number of allylic oxidation sites excluding steroid dienone is 2. The number of hydrogen-bond acceptors (Lipinski definition) is 3. The standard InChI is InChI=1S/C22H22N2O4/c1-14-7-6-8-15(13-14)23-21(26)18-11-4-5-12-19(18)24-20(25)16-9-2-3-10-17(16)22(27)28/h2-8,11-13,16-17H,9-10H2,1H3,(H,23,26)(H,24,25)(H,27,28)/t16-,17+/m1/s1. The number of carbonyl (C=O) groups excluding carboxylic acids is 2. The van der Waals surface area contributed by atoms with Crippen molar-refractivity contribution >= 4 is 29.2 Å². The van der Waals surface area contributed by atoms with Gasteiger partial charge in [-0.25, -0.2) is 0 Å². The van der Waals surface area contributed by atoms with Gasteiger partial charge in [0.05, 0.1) is 23.1 Å². The number of benzene rings is 2. The lowest BCUT2D eigenvalue weighted by atomic mass is 9.82. The molecule has 6 heteroatoms. The first-order chi connectivity index (χ1) is 13.5. The Bertz CT molecular complexity index is 936. The normalized spacial score (nSPS) is 18.3. The molecule has 2 atom stereocenters. The molecule has 0 unspecified atom stereocenters. The van der Waals surface area contributed by atoms with E-state index in [1.807, 2.05) is 31.2 Å². The molecule has 1 aliphatic carbocycles. The number of rotatable bonds is 5. The third kappa shape index (κ3) is 4.46. The molecule has 0 heterocycles. The van der Waals surface area contributed by atoms with Crippen molar-refractivity contribution in [1.82, 2.24) is 0 Å². The molecule has 0 saturated heterocycles. The Balaban J connectivity index is 1.78. The maximum atomic E-state index is 12.7. The van der Waals surface area contributed by atoms with Crippen LogP contribution in [0.2, 0.25) is 0 Å². The fraction of sp³-hybridized carbons (Fsp3) is 0.227. The van der Waals surface area contributed by atoms with Crippen LogP contribution in [0.5, 0.6) is 0 Å². The molecule has 144 valence electrons. The highest BCUT2D eigenvalue weighted by Gasteiger charge is 2.34. The molecule has 6 nitrogen and oxygen atoms in total. The van der Waals surface area contributed by atoms with E-state index in [4.69, 9.17) is 0 Å². The summed E-state index contributed by atoms with van der Waals surface area (Å²) in [5.74, 6) is -3.17. The Labute approximate surface area is 163 Å². The van der Waals surface area contributed by atoms with E-state index in [0.717, 1.165) is 5.56 Å². The summed E-state index contributed by atoms with van der Waals surface area (Å²) in [7, 11) is 0. The highest BCUT2D eigenvalue weighted by Crippen LogP contribution is 2.28. The van der Waals surface area contributed by atoms with Crippen molar-refractivity contribution in [2.24, 2.45) is 11.8 Å². The predicted molar refractivity (Wildman–Crippen MR) is 107 cm³/mol. The van der Waals surface area contributed by atoms with E-state index in [-0.39, 0.29) is 5.91 Å². The van der Waals surface area contributed by atoms with E-state index in [0.29, 0.717) is 29.8 Å². The van der Waals surface area contributed by atoms with Crippen molar-refractivity contribution in [2.75, 3.05) is 10.6 Å². The van der Waals surface area contributed by atoms with Gasteiger partial charge in [0.15, 0.2) is 0 Å². The summed E-state index contributed by atoms with van der Waals surface area (Å²) in [5.41, 5.74) is 2.35. The fourth-order valence-electron chi connectivity index (χ4n) is 3.31. The summed E-state index contributed by atoms with van der Waals surface area (Å²) in [6.45, 7) is 1.93. The van der Waals surface area contributed by atoms with Crippen LogP contribution >= 0.6 is 0 Å². The molecule has 0 fully saturated rings. The summed E-state index contributed by atoms with van der Waals surface area (Å²) >= 11 is 0. The third-order valence-corrected chi connectivity index (χ3v) is 4.79. The second-order valence-corrected chi connectivity index (χ2v) is 6.85. The van der Waals surface area contributed by atoms with Gasteiger partial charge in [-0.15, -0.1) is 0 Å². The second kappa shape index (κ2) is 8.52. The van der Waals surface area contributed by atoms with Crippen LogP contribution in [0.15, 0.2) is 60.7 Å². The number of nitrogens with one attached hydrogen (secondary N) is 2. The van der Waals surface area contributed by atoms with Gasteiger partial charge >= 0.3 is 5.97 Å². The van der Waals surface area contributed by atoms with Crippen LogP contribution in [0.3, 0.4) is 0 Å². The zero-order valence-electron chi connectivity index (χ0n) is 15.5. The number of hydrogen-bond donors (Lipinski definition) is 3. The lowest BCUT2D eigenvalue weighted by Crippen LogP contribution is -2.35. The summed E-state index contributed by atoms with van der Waals surface area (Å²) in [5, 5.41) is 14.9. The second-order valence-electron chi connectivity index (χ2n) is 6.85. The number of para-hydroxylation sites is 1. The first-order valence-corrected chi connectivity index (χ1v) is 9.11. The monoisotopic (exact) mass is 378 g/mol. The molecule has 2 amide bonds. The molecular weight excluding hydrogens is 356 g/mol. The molecule has 0 saturated carbocycles. The molecule has 3 rings (SSSR count). The van der Waals surface area contributed by atoms with Gasteiger partial charge in [-0.2, -0.15) is 0 Å². The molecule has 2 aromatic rings. The SMILES string of the molecule is Cc1cccc(NC(=O)c2ccccc2NC(=O)[C@@H]2CC=CC[C@@H]2C(=O)O)c1. The van der Waals surface area contributed by atoms with E-state index >= 15 is 0 Å². The van der Waals surface area contributed by atoms with Gasteiger partial charge in [-0.1, -0.05) is 36.4 Å². The highest BCUT2D eigenvalue weighted by atomic mass is 16.4. The van der Waals surface area contributed by atoms with Gasteiger partial charge in [-0.05, 0) is 49.6 Å². The van der Waals surface area contributed by atoms with Crippen molar-refractivity contribution < 1.29 is 19.5 Å². The maximum Gasteiger partial charge on any atom is 0.307 e. The first-order valence-electron chi connectivity index (χ1n) is 9.11. The Kier molecular flexibility index (Phi) is 5.89. The fourth-order valence-corrected chi connectivity index (χ4v) is 3.31. The average Bonchev–Trinajstić information content (AvgIpc) is 2.68. The summed E-state index contributed by atoms with van der Waals surface area (Å²) < 4.78 is 0. The van der Waals surface area contributed by atoms with Crippen molar-refractivity contribution in [3.8, 4) is 0 Å². The van der Waals surface area contributed by atoms with E-state index in [2.05, 4.69) is 10.6 Å². The molecule has 1 aliphatic rings. The third-order valence-electron chi connectivity index (χ3n) is 4.79. The Morgan fingerprint density at radius 1 is 0.929 bits per heavy atom. The topological polar surface area (TPSA) is 95.5 Å². The Morgan fingerprint density at radius 3 is 2.36 bits per heavy atom. The molecule has 0 aromatic heterocycles. The molecule has 2 aromatic carbocycles. The number of anilines is 2. The van der Waals surface area contributed by atoms with Crippen molar-refractivity contribution in [2.45, 2.75) is 19.8 Å². The van der Waals surface area contributed by atoms with Crippen LogP contribution in [-0.2, 0) is 9.59 Å². The molecule has 0 radical (unpaired) electrons. The van der Waals surface area contributed by atoms with Crippen LogP contribution in [0.25, 0.3) is 0 Å². The zero-order chi connectivity index (χ0) is 20.1. The first kappa shape index (κ1) is 19.4. The van der Waals surface area contributed by atoms with Crippen LogP contribution in [0.1, 0.15) is 28.8 Å². The maximum absolute atomic E-state index is 12.7. The quantitative estimate of drug-likeness (QED) is 0.689. The number of carboxylic acid groups (broad SMARTS) is 1. The van der Waals surface area contributed by atoms with E-state index in [1.54, 1.807) is 36.4 Å². The van der Waals surface area contributed by atoms with Gasteiger partial charge in [0, 0.05) is 5.69 Å². The number of aryl methyl sites for hydroxylation is 1. The largest absolute Gasteiger partial charge is 0.481 e. The minimum absolute atomic E-state index is 0.315. The van der Waals surface area contributed by atoms with Crippen molar-refractivity contribution in [1.29, 1.82) is 0 Å². The van der Waals surface area contributed by atoms with Crippen LogP contribution in [-0.4, -0.2) is 22.9 Å². The van der Waals surface area contributed by atoms with E-state index in [1.165, 1.54) is 0 Å². The molecule has 0 bridgehead atoms. The van der Waals surface area contributed by atoms with E-state index in [9.17, 15) is 19.5 Å². The number of amides is 2. The predicted octanol–water partition coefficient (Wildman–Crippen LogP) is 3.85. The minimum Gasteiger partial charge on any atom is -0.481 e.